The molecule has 1 aromatic carbocycles. The van der Waals surface area contributed by atoms with Crippen molar-refractivity contribution in [3.8, 4) is 11.5 Å². The van der Waals surface area contributed by atoms with Gasteiger partial charge in [0.15, 0.2) is 5.78 Å². The van der Waals surface area contributed by atoms with Gasteiger partial charge >= 0.3 is 0 Å². The fourth-order valence-electron chi connectivity index (χ4n) is 3.79. The van der Waals surface area contributed by atoms with Gasteiger partial charge in [0.05, 0.1) is 13.2 Å². The predicted molar refractivity (Wildman–Crippen MR) is 133 cm³/mol. The average molecular weight is 433 g/mol. The van der Waals surface area contributed by atoms with Crippen LogP contribution >= 0.6 is 0 Å². The van der Waals surface area contributed by atoms with Crippen LogP contribution in [-0.2, 0) is 0 Å². The van der Waals surface area contributed by atoms with Crippen molar-refractivity contribution >= 4 is 5.78 Å². The molecule has 3 nitrogen and oxygen atoms in total. The lowest BCUT2D eigenvalue weighted by Gasteiger charge is -2.12. The Balaban J connectivity index is 2.26. The van der Waals surface area contributed by atoms with E-state index in [1.165, 1.54) is 89.9 Å². The third-order valence-electron chi connectivity index (χ3n) is 5.82. The molecule has 0 spiro atoms. The Labute approximate surface area is 192 Å². The van der Waals surface area contributed by atoms with Crippen LogP contribution in [0.1, 0.15) is 134 Å². The molecule has 0 amide bonds. The van der Waals surface area contributed by atoms with Crippen molar-refractivity contribution < 1.29 is 14.3 Å². The number of Topliss-reactive ketones (excluding diaryl/α,β-unsaturated/α-hetero) is 1. The third-order valence-corrected chi connectivity index (χ3v) is 5.82. The summed E-state index contributed by atoms with van der Waals surface area (Å²) in [5.74, 6) is 1.55. The first-order chi connectivity index (χ1) is 15.2. The van der Waals surface area contributed by atoms with Crippen molar-refractivity contribution in [1.29, 1.82) is 0 Å². The normalized spacial score (nSPS) is 10.9. The lowest BCUT2D eigenvalue weighted by molar-refractivity contribution is 0.101. The molecule has 0 unspecified atom stereocenters. The van der Waals surface area contributed by atoms with Crippen LogP contribution in [0.3, 0.4) is 0 Å². The van der Waals surface area contributed by atoms with Crippen molar-refractivity contribution in [2.45, 2.75) is 124 Å². The standard InChI is InChI=1S/C28H48O3/c1-4-6-8-10-12-14-16-18-20-30-27-22-26(25(3)29)23-28(24-27)31-21-19-17-15-13-11-9-7-5-2/h22-24H,4-21H2,1-3H3. The first-order valence-corrected chi connectivity index (χ1v) is 13.1. The Bertz CT molecular complexity index is 527. The first kappa shape index (κ1) is 27.5. The van der Waals surface area contributed by atoms with E-state index in [1.54, 1.807) is 6.92 Å². The summed E-state index contributed by atoms with van der Waals surface area (Å²) in [6, 6.07) is 5.62. The molecule has 0 fully saturated rings. The average Bonchev–Trinajstić information content (AvgIpc) is 2.76. The highest BCUT2D eigenvalue weighted by atomic mass is 16.5. The quantitative estimate of drug-likeness (QED) is 0.144. The summed E-state index contributed by atoms with van der Waals surface area (Å²) in [4.78, 5) is 11.9. The zero-order chi connectivity index (χ0) is 22.6. The molecule has 31 heavy (non-hydrogen) atoms. The van der Waals surface area contributed by atoms with Gasteiger partial charge in [-0.15, -0.1) is 0 Å². The van der Waals surface area contributed by atoms with E-state index in [1.807, 2.05) is 18.2 Å². The van der Waals surface area contributed by atoms with Gasteiger partial charge in [-0.05, 0) is 31.9 Å². The highest BCUT2D eigenvalue weighted by molar-refractivity contribution is 5.94. The molecule has 1 aromatic rings. The van der Waals surface area contributed by atoms with Crippen LogP contribution in [-0.4, -0.2) is 19.0 Å². The van der Waals surface area contributed by atoms with Crippen LogP contribution in [0.2, 0.25) is 0 Å². The molecule has 178 valence electrons. The highest BCUT2D eigenvalue weighted by Crippen LogP contribution is 2.24. The largest absolute Gasteiger partial charge is 0.493 e. The molecule has 0 atom stereocenters. The minimum atomic E-state index is 0.0504. The number of ether oxygens (including phenoxy) is 2. The topological polar surface area (TPSA) is 35.5 Å². The van der Waals surface area contributed by atoms with E-state index < -0.39 is 0 Å². The smallest absolute Gasteiger partial charge is 0.160 e. The molecule has 3 heteroatoms. The maximum absolute atomic E-state index is 11.9. The summed E-state index contributed by atoms with van der Waals surface area (Å²) >= 11 is 0. The van der Waals surface area contributed by atoms with Crippen LogP contribution in [0.25, 0.3) is 0 Å². The molecule has 1 rings (SSSR count). The highest BCUT2D eigenvalue weighted by Gasteiger charge is 2.07. The van der Waals surface area contributed by atoms with E-state index in [-0.39, 0.29) is 5.78 Å². The molecule has 0 aliphatic rings. The van der Waals surface area contributed by atoms with E-state index in [2.05, 4.69) is 13.8 Å². The van der Waals surface area contributed by atoms with Crippen molar-refractivity contribution in [3.05, 3.63) is 23.8 Å². The maximum atomic E-state index is 11.9. The van der Waals surface area contributed by atoms with Crippen LogP contribution in [0.15, 0.2) is 18.2 Å². The lowest BCUT2D eigenvalue weighted by atomic mass is 10.1. The molecule has 0 aromatic heterocycles. The zero-order valence-corrected chi connectivity index (χ0v) is 20.7. The SMILES string of the molecule is CCCCCCCCCCOc1cc(OCCCCCCCCCC)cc(C(C)=O)c1. The number of unbranched alkanes of at least 4 members (excludes halogenated alkanes) is 14. The Morgan fingerprint density at radius 2 is 0.935 bits per heavy atom. The van der Waals surface area contributed by atoms with Gasteiger partial charge in [-0.3, -0.25) is 4.79 Å². The van der Waals surface area contributed by atoms with Crippen molar-refractivity contribution in [2.75, 3.05) is 13.2 Å². The molecule has 0 aliphatic heterocycles. The second kappa shape index (κ2) is 19.2. The predicted octanol–water partition coefficient (Wildman–Crippen LogP) is 8.93. The zero-order valence-electron chi connectivity index (χ0n) is 20.7. The number of carbonyl (C=O) groups excluding carboxylic acids is 1. The molecule has 0 saturated heterocycles. The number of ketones is 1. The monoisotopic (exact) mass is 432 g/mol. The van der Waals surface area contributed by atoms with Gasteiger partial charge in [0.2, 0.25) is 0 Å². The third kappa shape index (κ3) is 15.0. The van der Waals surface area contributed by atoms with Crippen molar-refractivity contribution in [1.82, 2.24) is 0 Å². The second-order valence-electron chi connectivity index (χ2n) is 8.90. The van der Waals surface area contributed by atoms with E-state index in [9.17, 15) is 4.79 Å². The van der Waals surface area contributed by atoms with Crippen LogP contribution < -0.4 is 9.47 Å². The number of hydrogen-bond donors (Lipinski definition) is 0. The minimum absolute atomic E-state index is 0.0504. The number of benzene rings is 1. The Kier molecular flexibility index (Phi) is 17.0. The van der Waals surface area contributed by atoms with Crippen LogP contribution in [0.5, 0.6) is 11.5 Å². The van der Waals surface area contributed by atoms with E-state index in [0.29, 0.717) is 18.8 Å². The lowest BCUT2D eigenvalue weighted by Crippen LogP contribution is -2.02. The fourth-order valence-corrected chi connectivity index (χ4v) is 3.79. The summed E-state index contributed by atoms with van der Waals surface area (Å²) in [7, 11) is 0. The number of hydrogen-bond acceptors (Lipinski definition) is 3. The molecule has 0 heterocycles. The Morgan fingerprint density at radius 3 is 1.29 bits per heavy atom. The van der Waals surface area contributed by atoms with Gasteiger partial charge in [0.1, 0.15) is 11.5 Å². The molecular formula is C28H48O3. The Morgan fingerprint density at radius 1 is 0.581 bits per heavy atom. The minimum Gasteiger partial charge on any atom is -0.493 e. The maximum Gasteiger partial charge on any atom is 0.160 e. The molecule has 0 radical (unpaired) electrons. The van der Waals surface area contributed by atoms with Crippen molar-refractivity contribution in [3.63, 3.8) is 0 Å². The molecule has 0 saturated carbocycles. The molecule has 0 bridgehead atoms. The number of carbonyl (C=O) groups is 1. The van der Waals surface area contributed by atoms with Crippen LogP contribution in [0, 0.1) is 0 Å². The summed E-state index contributed by atoms with van der Waals surface area (Å²) in [6.07, 6.45) is 20.5. The summed E-state index contributed by atoms with van der Waals surface area (Å²) < 4.78 is 11.9. The first-order valence-electron chi connectivity index (χ1n) is 13.1. The van der Waals surface area contributed by atoms with Gasteiger partial charge in [0.25, 0.3) is 0 Å². The van der Waals surface area contributed by atoms with Crippen LogP contribution in [0.4, 0.5) is 0 Å². The second-order valence-corrected chi connectivity index (χ2v) is 8.90. The molecule has 0 N–H and O–H groups in total. The van der Waals surface area contributed by atoms with E-state index in [4.69, 9.17) is 9.47 Å². The van der Waals surface area contributed by atoms with Gasteiger partial charge in [-0.2, -0.15) is 0 Å². The number of rotatable bonds is 21. The van der Waals surface area contributed by atoms with Gasteiger partial charge in [-0.25, -0.2) is 0 Å². The van der Waals surface area contributed by atoms with Gasteiger partial charge < -0.3 is 9.47 Å². The fraction of sp³-hybridized carbons (Fsp3) is 0.750. The van der Waals surface area contributed by atoms with Gasteiger partial charge in [0, 0.05) is 11.6 Å². The van der Waals surface area contributed by atoms with E-state index in [0.717, 1.165) is 24.3 Å². The summed E-state index contributed by atoms with van der Waals surface area (Å²) in [6.45, 7) is 7.51. The molecular weight excluding hydrogens is 384 g/mol. The molecule has 0 aliphatic carbocycles. The Hall–Kier alpha value is -1.51. The van der Waals surface area contributed by atoms with Crippen molar-refractivity contribution in [2.24, 2.45) is 0 Å². The summed E-state index contributed by atoms with van der Waals surface area (Å²) in [5, 5.41) is 0. The summed E-state index contributed by atoms with van der Waals surface area (Å²) in [5.41, 5.74) is 0.666. The van der Waals surface area contributed by atoms with Gasteiger partial charge in [-0.1, -0.05) is 104 Å². The van der Waals surface area contributed by atoms with E-state index >= 15 is 0 Å².